The van der Waals surface area contributed by atoms with Gasteiger partial charge in [-0.05, 0) is 49.7 Å². The van der Waals surface area contributed by atoms with Crippen LogP contribution in [0.3, 0.4) is 0 Å². The van der Waals surface area contributed by atoms with Crippen molar-refractivity contribution in [3.63, 3.8) is 0 Å². The molecular weight excluding hydrogens is 270 g/mol. The first-order valence-corrected chi connectivity index (χ1v) is 9.29. The molecule has 20 heavy (non-hydrogen) atoms. The van der Waals surface area contributed by atoms with E-state index in [9.17, 15) is 8.42 Å². The number of benzene rings is 1. The summed E-state index contributed by atoms with van der Waals surface area (Å²) < 4.78 is 24.3. The molecule has 1 aromatic rings. The zero-order valence-electron chi connectivity index (χ0n) is 12.0. The van der Waals surface area contributed by atoms with Crippen LogP contribution >= 0.6 is 0 Å². The van der Waals surface area contributed by atoms with E-state index in [1.807, 2.05) is 18.2 Å². The van der Waals surface area contributed by atoms with E-state index in [0.717, 1.165) is 11.5 Å². The van der Waals surface area contributed by atoms with Crippen LogP contribution in [0.5, 0.6) is 0 Å². The predicted molar refractivity (Wildman–Crippen MR) is 80.4 cm³/mol. The van der Waals surface area contributed by atoms with Gasteiger partial charge in [0.1, 0.15) is 0 Å². The Balaban J connectivity index is 1.79. The second-order valence-electron chi connectivity index (χ2n) is 6.32. The Bertz CT molecular complexity index is 574. The van der Waals surface area contributed by atoms with E-state index < -0.39 is 9.84 Å². The molecule has 110 valence electrons. The second-order valence-corrected chi connectivity index (χ2v) is 8.40. The van der Waals surface area contributed by atoms with E-state index in [2.05, 4.69) is 12.2 Å². The van der Waals surface area contributed by atoms with Gasteiger partial charge in [0.05, 0.1) is 10.6 Å². The topological polar surface area (TPSA) is 46.2 Å². The van der Waals surface area contributed by atoms with Gasteiger partial charge in [-0.2, -0.15) is 0 Å². The fourth-order valence-electron chi connectivity index (χ4n) is 3.47. The van der Waals surface area contributed by atoms with Crippen LogP contribution < -0.4 is 5.32 Å². The van der Waals surface area contributed by atoms with Crippen LogP contribution in [0, 0.1) is 5.92 Å². The van der Waals surface area contributed by atoms with Gasteiger partial charge >= 0.3 is 0 Å². The summed E-state index contributed by atoms with van der Waals surface area (Å²) in [6.07, 6.45) is 5.69. The molecule has 1 heterocycles. The van der Waals surface area contributed by atoms with Crippen LogP contribution in [0.2, 0.25) is 0 Å². The lowest BCUT2D eigenvalue weighted by atomic mass is 9.86. The summed E-state index contributed by atoms with van der Waals surface area (Å²) in [5.41, 5.74) is 0.970. The Morgan fingerprint density at radius 1 is 1.05 bits per heavy atom. The van der Waals surface area contributed by atoms with Gasteiger partial charge in [-0.3, -0.25) is 0 Å². The van der Waals surface area contributed by atoms with Crippen molar-refractivity contribution in [1.29, 1.82) is 0 Å². The van der Waals surface area contributed by atoms with E-state index in [1.54, 1.807) is 6.07 Å². The summed E-state index contributed by atoms with van der Waals surface area (Å²) in [5.74, 6) is 1.11. The van der Waals surface area contributed by atoms with Gasteiger partial charge in [-0.15, -0.1) is 0 Å². The van der Waals surface area contributed by atoms with E-state index in [1.165, 1.54) is 25.7 Å². The minimum absolute atomic E-state index is 0.202. The highest BCUT2D eigenvalue weighted by Gasteiger charge is 2.31. The monoisotopic (exact) mass is 293 g/mol. The van der Waals surface area contributed by atoms with Gasteiger partial charge in [-0.25, -0.2) is 8.42 Å². The minimum atomic E-state index is -3.06. The third-order valence-electron chi connectivity index (χ3n) is 4.76. The normalized spacial score (nSPS) is 32.5. The number of sulfone groups is 1. The lowest BCUT2D eigenvalue weighted by molar-refractivity contribution is 0.282. The van der Waals surface area contributed by atoms with Gasteiger partial charge in [0, 0.05) is 12.1 Å². The molecule has 2 aliphatic rings. The van der Waals surface area contributed by atoms with Crippen molar-refractivity contribution >= 4 is 9.84 Å². The van der Waals surface area contributed by atoms with Gasteiger partial charge in [-0.1, -0.05) is 25.1 Å². The Kier molecular flexibility index (Phi) is 3.87. The van der Waals surface area contributed by atoms with Crippen LogP contribution in [0.1, 0.15) is 50.6 Å². The molecule has 1 unspecified atom stereocenters. The molecule has 0 spiro atoms. The molecule has 3 rings (SSSR count). The molecule has 1 aliphatic heterocycles. The molecular formula is C16H23NO2S. The van der Waals surface area contributed by atoms with Gasteiger partial charge < -0.3 is 5.32 Å². The molecule has 0 saturated heterocycles. The fraction of sp³-hybridized carbons (Fsp3) is 0.625. The van der Waals surface area contributed by atoms with Crippen LogP contribution in [0.25, 0.3) is 0 Å². The quantitative estimate of drug-likeness (QED) is 0.911. The van der Waals surface area contributed by atoms with Gasteiger partial charge in [0.2, 0.25) is 0 Å². The minimum Gasteiger partial charge on any atom is -0.307 e. The molecule has 0 radical (unpaired) electrons. The summed E-state index contributed by atoms with van der Waals surface area (Å²) in [4.78, 5) is 0.535. The largest absolute Gasteiger partial charge is 0.307 e. The first kappa shape index (κ1) is 14.1. The van der Waals surface area contributed by atoms with Crippen molar-refractivity contribution in [3.8, 4) is 0 Å². The molecule has 0 aromatic heterocycles. The summed E-state index contributed by atoms with van der Waals surface area (Å²) in [6.45, 7) is 2.32. The van der Waals surface area contributed by atoms with Crippen LogP contribution in [0.15, 0.2) is 29.2 Å². The third kappa shape index (κ3) is 2.77. The number of nitrogens with one attached hydrogen (secondary N) is 1. The lowest BCUT2D eigenvalue weighted by Gasteiger charge is -2.33. The Hall–Kier alpha value is -0.870. The molecule has 1 fully saturated rings. The van der Waals surface area contributed by atoms with Crippen LogP contribution in [-0.2, 0) is 9.84 Å². The van der Waals surface area contributed by atoms with E-state index >= 15 is 0 Å². The predicted octanol–water partition coefficient (Wildman–Crippen LogP) is 3.07. The Morgan fingerprint density at radius 3 is 2.50 bits per heavy atom. The van der Waals surface area contributed by atoms with Crippen molar-refractivity contribution in [3.05, 3.63) is 29.8 Å². The highest BCUT2D eigenvalue weighted by Crippen LogP contribution is 2.34. The lowest BCUT2D eigenvalue weighted by Crippen LogP contribution is -2.38. The highest BCUT2D eigenvalue weighted by atomic mass is 32.2. The number of rotatable bonds is 2. The first-order chi connectivity index (χ1) is 9.56. The Morgan fingerprint density at radius 2 is 1.75 bits per heavy atom. The molecule has 0 amide bonds. The first-order valence-electron chi connectivity index (χ1n) is 7.64. The van der Waals surface area contributed by atoms with Crippen molar-refractivity contribution in [2.45, 2.75) is 56.0 Å². The molecule has 1 N–H and O–H groups in total. The molecule has 1 aliphatic carbocycles. The Labute approximate surface area is 121 Å². The maximum atomic E-state index is 12.1. The van der Waals surface area contributed by atoms with Crippen molar-refractivity contribution in [1.82, 2.24) is 5.32 Å². The zero-order chi connectivity index (χ0) is 14.2. The number of fused-ring (bicyclic) bond motifs is 1. The smallest absolute Gasteiger partial charge is 0.178 e. The average Bonchev–Trinajstić information content (AvgIpc) is 2.45. The summed E-state index contributed by atoms with van der Waals surface area (Å²) in [6, 6.07) is 8.23. The molecule has 4 heteroatoms. The van der Waals surface area contributed by atoms with Gasteiger partial charge in [0.25, 0.3) is 0 Å². The van der Waals surface area contributed by atoms with Crippen LogP contribution in [0.4, 0.5) is 0 Å². The zero-order valence-corrected chi connectivity index (χ0v) is 12.8. The van der Waals surface area contributed by atoms with E-state index in [0.29, 0.717) is 17.4 Å². The molecule has 3 nitrogen and oxygen atoms in total. The molecule has 1 saturated carbocycles. The molecule has 1 aromatic carbocycles. The average molecular weight is 293 g/mol. The molecule has 0 bridgehead atoms. The van der Waals surface area contributed by atoms with Crippen molar-refractivity contribution < 1.29 is 8.42 Å². The second kappa shape index (κ2) is 5.49. The number of hydrogen-bond acceptors (Lipinski definition) is 3. The van der Waals surface area contributed by atoms with Gasteiger partial charge in [0.15, 0.2) is 9.84 Å². The van der Waals surface area contributed by atoms with E-state index in [4.69, 9.17) is 0 Å². The number of hydrogen-bond donors (Lipinski definition) is 1. The SMILES string of the molecule is CC1CCC(NC2CCS(=O)(=O)c3ccccc32)CC1. The molecule has 1 atom stereocenters. The maximum Gasteiger partial charge on any atom is 0.178 e. The third-order valence-corrected chi connectivity index (χ3v) is 6.57. The summed E-state index contributed by atoms with van der Waals surface area (Å²) in [5, 5.41) is 3.71. The van der Waals surface area contributed by atoms with E-state index in [-0.39, 0.29) is 11.8 Å². The standard InChI is InChI=1S/C16H23NO2S/c1-12-6-8-13(9-7-12)17-15-10-11-20(18,19)16-5-3-2-4-14(15)16/h2-5,12-13,15,17H,6-11H2,1H3. The summed E-state index contributed by atoms with van der Waals surface area (Å²) >= 11 is 0. The highest BCUT2D eigenvalue weighted by molar-refractivity contribution is 7.91. The van der Waals surface area contributed by atoms with Crippen LogP contribution in [-0.4, -0.2) is 20.2 Å². The maximum absolute atomic E-state index is 12.1. The summed E-state index contributed by atoms with van der Waals surface area (Å²) in [7, 11) is -3.06. The fourth-order valence-corrected chi connectivity index (χ4v) is 5.10. The van der Waals surface area contributed by atoms with Crippen molar-refractivity contribution in [2.24, 2.45) is 5.92 Å². The van der Waals surface area contributed by atoms with Crippen molar-refractivity contribution in [2.75, 3.05) is 5.75 Å².